The monoisotopic (exact) mass is 349 g/mol. The minimum absolute atomic E-state index is 0.410. The van der Waals surface area contributed by atoms with E-state index in [0.717, 1.165) is 25.6 Å². The summed E-state index contributed by atoms with van der Waals surface area (Å²) in [6.45, 7) is 6.32. The van der Waals surface area contributed by atoms with Crippen LogP contribution in [0.4, 0.5) is 13.2 Å². The van der Waals surface area contributed by atoms with Gasteiger partial charge in [-0.2, -0.15) is 13.2 Å². The zero-order valence-electron chi connectivity index (χ0n) is 14.9. The Hall–Kier alpha value is -1.02. The van der Waals surface area contributed by atoms with Gasteiger partial charge in [-0.15, -0.1) is 0 Å². The number of rotatable bonds is 3. The van der Waals surface area contributed by atoms with Crippen molar-refractivity contribution in [2.75, 3.05) is 59.9 Å². The molecule has 5 nitrogen and oxygen atoms in total. The molecule has 24 heavy (non-hydrogen) atoms. The minimum Gasteiger partial charge on any atom is -0.356 e. The number of piperazine rings is 1. The van der Waals surface area contributed by atoms with Crippen LogP contribution in [-0.4, -0.2) is 92.8 Å². The number of hydrogen-bond acceptors (Lipinski definition) is 3. The summed E-state index contributed by atoms with van der Waals surface area (Å²) < 4.78 is 38.5. The highest BCUT2D eigenvalue weighted by Gasteiger charge is 2.41. The average molecular weight is 349 g/mol. The van der Waals surface area contributed by atoms with Gasteiger partial charge in [-0.05, 0) is 39.3 Å². The molecular formula is C16H30F3N5. The van der Waals surface area contributed by atoms with Gasteiger partial charge < -0.3 is 15.1 Å². The van der Waals surface area contributed by atoms with E-state index in [4.69, 9.17) is 0 Å². The molecule has 2 rings (SSSR count). The molecule has 2 aliphatic rings. The lowest BCUT2D eigenvalue weighted by molar-refractivity contribution is -0.181. The summed E-state index contributed by atoms with van der Waals surface area (Å²) in [5, 5.41) is 3.41. The van der Waals surface area contributed by atoms with Crippen LogP contribution in [0, 0.1) is 5.92 Å². The SMILES string of the molecule is CN=C(NCC1CCCN(C)C1)N1CCN(C(C)C(F)(F)F)CC1. The number of nitrogens with zero attached hydrogens (tertiary/aromatic N) is 4. The summed E-state index contributed by atoms with van der Waals surface area (Å²) in [7, 11) is 3.88. The van der Waals surface area contributed by atoms with E-state index in [-0.39, 0.29) is 0 Å². The molecule has 0 radical (unpaired) electrons. The van der Waals surface area contributed by atoms with Gasteiger partial charge in [-0.1, -0.05) is 0 Å². The summed E-state index contributed by atoms with van der Waals surface area (Å²) in [5.74, 6) is 1.41. The zero-order valence-corrected chi connectivity index (χ0v) is 14.9. The number of alkyl halides is 3. The standard InChI is InChI=1S/C16H30F3N5/c1-13(16(17,18)19)23-7-9-24(10-8-23)15(20-2)21-11-14-5-4-6-22(3)12-14/h13-14H,4-12H2,1-3H3,(H,20,21). The van der Waals surface area contributed by atoms with Gasteiger partial charge in [0.2, 0.25) is 0 Å². The lowest BCUT2D eigenvalue weighted by atomic mass is 9.98. The van der Waals surface area contributed by atoms with Crippen LogP contribution in [0.1, 0.15) is 19.8 Å². The van der Waals surface area contributed by atoms with Gasteiger partial charge in [0, 0.05) is 46.3 Å². The maximum absolute atomic E-state index is 12.8. The van der Waals surface area contributed by atoms with Crippen molar-refractivity contribution in [1.29, 1.82) is 0 Å². The molecule has 2 heterocycles. The Kier molecular flexibility index (Phi) is 6.74. The molecule has 0 aromatic heterocycles. The molecule has 0 bridgehead atoms. The van der Waals surface area contributed by atoms with Crippen LogP contribution < -0.4 is 5.32 Å². The van der Waals surface area contributed by atoms with Crippen molar-refractivity contribution < 1.29 is 13.2 Å². The molecule has 0 aromatic carbocycles. The smallest absolute Gasteiger partial charge is 0.356 e. The Morgan fingerprint density at radius 2 is 1.88 bits per heavy atom. The van der Waals surface area contributed by atoms with Gasteiger partial charge >= 0.3 is 6.18 Å². The second-order valence-electron chi connectivity index (χ2n) is 6.94. The van der Waals surface area contributed by atoms with Crippen molar-refractivity contribution in [3.63, 3.8) is 0 Å². The number of likely N-dealkylation sites (tertiary alicyclic amines) is 1. The molecule has 2 unspecified atom stereocenters. The second kappa shape index (κ2) is 8.38. The zero-order chi connectivity index (χ0) is 17.7. The Balaban J connectivity index is 1.79. The third-order valence-electron chi connectivity index (χ3n) is 5.12. The lowest BCUT2D eigenvalue weighted by Gasteiger charge is -2.40. The third-order valence-corrected chi connectivity index (χ3v) is 5.12. The Bertz CT molecular complexity index is 418. The predicted molar refractivity (Wildman–Crippen MR) is 90.2 cm³/mol. The molecule has 0 aromatic rings. The summed E-state index contributed by atoms with van der Waals surface area (Å²) in [6.07, 6.45) is -1.73. The van der Waals surface area contributed by atoms with Crippen molar-refractivity contribution >= 4 is 5.96 Å². The highest BCUT2D eigenvalue weighted by atomic mass is 19.4. The molecular weight excluding hydrogens is 319 g/mol. The quantitative estimate of drug-likeness (QED) is 0.618. The first-order valence-corrected chi connectivity index (χ1v) is 8.76. The summed E-state index contributed by atoms with van der Waals surface area (Å²) in [5.41, 5.74) is 0. The fraction of sp³-hybridized carbons (Fsp3) is 0.938. The van der Waals surface area contributed by atoms with E-state index in [0.29, 0.717) is 32.1 Å². The van der Waals surface area contributed by atoms with Gasteiger partial charge in [0.1, 0.15) is 6.04 Å². The minimum atomic E-state index is -4.16. The van der Waals surface area contributed by atoms with Crippen molar-refractivity contribution in [2.24, 2.45) is 10.9 Å². The van der Waals surface area contributed by atoms with Crippen LogP contribution in [0.3, 0.4) is 0 Å². The van der Waals surface area contributed by atoms with Crippen LogP contribution in [0.25, 0.3) is 0 Å². The number of halogens is 3. The van der Waals surface area contributed by atoms with E-state index in [1.807, 2.05) is 0 Å². The van der Waals surface area contributed by atoms with Crippen molar-refractivity contribution in [1.82, 2.24) is 20.0 Å². The first-order valence-electron chi connectivity index (χ1n) is 8.76. The number of guanidine groups is 1. The fourth-order valence-electron chi connectivity index (χ4n) is 3.54. The second-order valence-corrected chi connectivity index (χ2v) is 6.94. The van der Waals surface area contributed by atoms with Gasteiger partial charge in [-0.3, -0.25) is 9.89 Å². The molecule has 2 fully saturated rings. The molecule has 1 N–H and O–H groups in total. The van der Waals surface area contributed by atoms with Gasteiger partial charge in [0.25, 0.3) is 0 Å². The Morgan fingerprint density at radius 1 is 1.21 bits per heavy atom. The number of nitrogens with one attached hydrogen (secondary N) is 1. The van der Waals surface area contributed by atoms with E-state index >= 15 is 0 Å². The van der Waals surface area contributed by atoms with Gasteiger partial charge in [0.05, 0.1) is 0 Å². The molecule has 2 aliphatic heterocycles. The predicted octanol–water partition coefficient (Wildman–Crippen LogP) is 1.47. The molecule has 0 spiro atoms. The van der Waals surface area contributed by atoms with Gasteiger partial charge in [0.15, 0.2) is 5.96 Å². The van der Waals surface area contributed by atoms with Crippen LogP contribution in [0.5, 0.6) is 0 Å². The number of piperidine rings is 1. The van der Waals surface area contributed by atoms with Gasteiger partial charge in [-0.25, -0.2) is 0 Å². The van der Waals surface area contributed by atoms with E-state index in [1.165, 1.54) is 24.7 Å². The average Bonchev–Trinajstić information content (AvgIpc) is 2.54. The van der Waals surface area contributed by atoms with Crippen LogP contribution >= 0.6 is 0 Å². The highest BCUT2D eigenvalue weighted by molar-refractivity contribution is 5.80. The molecule has 2 atom stereocenters. The molecule has 0 saturated carbocycles. The Labute approximate surface area is 142 Å². The molecule has 2 saturated heterocycles. The number of aliphatic imine (C=N–C) groups is 1. The highest BCUT2D eigenvalue weighted by Crippen LogP contribution is 2.25. The maximum Gasteiger partial charge on any atom is 0.403 e. The van der Waals surface area contributed by atoms with Crippen LogP contribution in [0.15, 0.2) is 4.99 Å². The lowest BCUT2D eigenvalue weighted by Crippen LogP contribution is -2.57. The normalized spacial score (nSPS) is 26.5. The van der Waals surface area contributed by atoms with Crippen molar-refractivity contribution in [2.45, 2.75) is 32.0 Å². The largest absolute Gasteiger partial charge is 0.403 e. The molecule has 140 valence electrons. The third kappa shape index (κ3) is 5.24. The summed E-state index contributed by atoms with van der Waals surface area (Å²) >= 11 is 0. The summed E-state index contributed by atoms with van der Waals surface area (Å²) in [6, 6.07) is -1.38. The van der Waals surface area contributed by atoms with Crippen LogP contribution in [-0.2, 0) is 0 Å². The molecule has 0 amide bonds. The Morgan fingerprint density at radius 3 is 2.42 bits per heavy atom. The number of hydrogen-bond donors (Lipinski definition) is 1. The fourth-order valence-corrected chi connectivity index (χ4v) is 3.54. The van der Waals surface area contributed by atoms with Crippen molar-refractivity contribution in [3.05, 3.63) is 0 Å². The topological polar surface area (TPSA) is 34.1 Å². The van der Waals surface area contributed by atoms with E-state index in [2.05, 4.69) is 27.2 Å². The first kappa shape index (κ1) is 19.3. The van der Waals surface area contributed by atoms with E-state index < -0.39 is 12.2 Å². The van der Waals surface area contributed by atoms with E-state index in [9.17, 15) is 13.2 Å². The summed E-state index contributed by atoms with van der Waals surface area (Å²) in [4.78, 5) is 10.2. The maximum atomic E-state index is 12.8. The molecule has 8 heteroatoms. The van der Waals surface area contributed by atoms with Crippen molar-refractivity contribution in [3.8, 4) is 0 Å². The van der Waals surface area contributed by atoms with Crippen LogP contribution in [0.2, 0.25) is 0 Å². The van der Waals surface area contributed by atoms with E-state index in [1.54, 1.807) is 7.05 Å². The first-order chi connectivity index (χ1) is 11.3. The molecule has 0 aliphatic carbocycles.